The molecule has 0 saturated heterocycles. The molecule has 4 aliphatic rings. The van der Waals surface area contributed by atoms with Crippen molar-refractivity contribution >= 4 is 17.7 Å². The smallest absolute Gasteiger partial charge is 0.302 e. The molecule has 4 aliphatic carbocycles. The van der Waals surface area contributed by atoms with E-state index in [0.29, 0.717) is 60.1 Å². The summed E-state index contributed by atoms with van der Waals surface area (Å²) in [4.78, 5) is 36.6. The molecular formula is C33H54O5. The van der Waals surface area contributed by atoms with Crippen molar-refractivity contribution in [2.75, 3.05) is 0 Å². The van der Waals surface area contributed by atoms with E-state index >= 15 is 0 Å². The van der Waals surface area contributed by atoms with E-state index in [2.05, 4.69) is 34.6 Å². The third-order valence-corrected chi connectivity index (χ3v) is 12.1. The molecule has 0 aromatic carbocycles. The number of fused-ring (bicyclic) bond motifs is 5. The average molecular weight is 531 g/mol. The summed E-state index contributed by atoms with van der Waals surface area (Å²) in [6.07, 6.45) is 11.9. The van der Waals surface area contributed by atoms with Gasteiger partial charge >= 0.3 is 11.9 Å². The molecule has 5 nitrogen and oxygen atoms in total. The third-order valence-electron chi connectivity index (χ3n) is 12.1. The molecule has 11 unspecified atom stereocenters. The molecule has 0 spiro atoms. The van der Waals surface area contributed by atoms with Crippen LogP contribution in [0.4, 0.5) is 0 Å². The number of carbonyl (C=O) groups excluding carboxylic acids is 3. The minimum absolute atomic E-state index is 0.0366. The highest BCUT2D eigenvalue weighted by Gasteiger charge is 2.66. The number of ether oxygens (including phenoxy) is 2. The maximum atomic E-state index is 12.5. The normalized spacial score (nSPS) is 42.8. The van der Waals surface area contributed by atoms with Gasteiger partial charge in [-0.2, -0.15) is 0 Å². The Hall–Kier alpha value is -1.39. The van der Waals surface area contributed by atoms with E-state index in [-0.39, 0.29) is 35.0 Å². The predicted molar refractivity (Wildman–Crippen MR) is 149 cm³/mol. The second-order valence-corrected chi connectivity index (χ2v) is 14.3. The van der Waals surface area contributed by atoms with Gasteiger partial charge in [0, 0.05) is 32.1 Å². The van der Waals surface area contributed by atoms with Crippen LogP contribution in [0.25, 0.3) is 0 Å². The van der Waals surface area contributed by atoms with E-state index in [4.69, 9.17) is 9.47 Å². The highest BCUT2D eigenvalue weighted by atomic mass is 16.5. The molecule has 0 N–H and O–H groups in total. The van der Waals surface area contributed by atoms with Gasteiger partial charge in [-0.05, 0) is 105 Å². The van der Waals surface area contributed by atoms with Crippen LogP contribution >= 0.6 is 0 Å². The van der Waals surface area contributed by atoms with Gasteiger partial charge in [-0.3, -0.25) is 14.4 Å². The first-order valence-corrected chi connectivity index (χ1v) is 15.8. The van der Waals surface area contributed by atoms with E-state index in [1.54, 1.807) is 6.92 Å². The van der Waals surface area contributed by atoms with Crippen LogP contribution in [0.2, 0.25) is 0 Å². The molecule has 11 atom stereocenters. The molecule has 0 aliphatic heterocycles. The van der Waals surface area contributed by atoms with Crippen LogP contribution in [0.3, 0.4) is 0 Å². The second-order valence-electron chi connectivity index (χ2n) is 14.3. The van der Waals surface area contributed by atoms with Crippen molar-refractivity contribution in [1.29, 1.82) is 0 Å². The Balaban J connectivity index is 1.58. The minimum atomic E-state index is -0.165. The van der Waals surface area contributed by atoms with Gasteiger partial charge in [0.05, 0.1) is 0 Å². The van der Waals surface area contributed by atoms with Gasteiger partial charge in [-0.15, -0.1) is 0 Å². The number of carbonyl (C=O) groups is 3. The number of ketones is 1. The Labute approximate surface area is 231 Å². The Kier molecular flexibility index (Phi) is 9.04. The van der Waals surface area contributed by atoms with Crippen molar-refractivity contribution in [2.45, 2.75) is 138 Å². The number of Topliss-reactive ketones (excluding diaryl/α,β-unsaturated/α-hetero) is 1. The first-order chi connectivity index (χ1) is 17.9. The molecular weight excluding hydrogens is 476 g/mol. The Morgan fingerprint density at radius 3 is 2.29 bits per heavy atom. The number of rotatable bonds is 9. The summed E-state index contributed by atoms with van der Waals surface area (Å²) in [5, 5.41) is 0. The summed E-state index contributed by atoms with van der Waals surface area (Å²) in [5.41, 5.74) is 0.161. The number of esters is 2. The number of hydrogen-bond donors (Lipinski definition) is 0. The molecule has 0 radical (unpaired) electrons. The summed E-state index contributed by atoms with van der Waals surface area (Å²) in [6.45, 7) is 15.0. The molecule has 0 bridgehead atoms. The van der Waals surface area contributed by atoms with Crippen LogP contribution in [0.1, 0.15) is 126 Å². The van der Waals surface area contributed by atoms with Crippen LogP contribution in [0.5, 0.6) is 0 Å². The van der Waals surface area contributed by atoms with Gasteiger partial charge in [0.25, 0.3) is 0 Å². The zero-order chi connectivity index (χ0) is 27.8. The molecule has 4 saturated carbocycles. The Bertz CT molecular complexity index is 883. The van der Waals surface area contributed by atoms with Crippen LogP contribution < -0.4 is 0 Å². The van der Waals surface area contributed by atoms with E-state index in [0.717, 1.165) is 44.9 Å². The topological polar surface area (TPSA) is 69.7 Å². The van der Waals surface area contributed by atoms with E-state index in [1.165, 1.54) is 26.2 Å². The minimum Gasteiger partial charge on any atom is -0.463 e. The van der Waals surface area contributed by atoms with Gasteiger partial charge in [0.1, 0.15) is 18.0 Å². The zero-order valence-electron chi connectivity index (χ0n) is 25.2. The first kappa shape index (κ1) is 29.6. The Morgan fingerprint density at radius 1 is 0.921 bits per heavy atom. The fourth-order valence-electron chi connectivity index (χ4n) is 10.3. The highest BCUT2D eigenvalue weighted by molar-refractivity contribution is 5.78. The van der Waals surface area contributed by atoms with Crippen LogP contribution in [-0.2, 0) is 23.9 Å². The predicted octanol–water partition coefficient (Wildman–Crippen LogP) is 7.54. The largest absolute Gasteiger partial charge is 0.463 e. The summed E-state index contributed by atoms with van der Waals surface area (Å²) in [5.74, 6) is 3.89. The average Bonchev–Trinajstić information content (AvgIpc) is 3.20. The summed E-state index contributed by atoms with van der Waals surface area (Å²) in [6, 6.07) is 0. The molecule has 0 amide bonds. The second kappa shape index (κ2) is 11.6. The number of unbranched alkanes of at least 4 members (excludes halogenated alkanes) is 1. The fraction of sp³-hybridized carbons (Fsp3) is 0.909. The maximum Gasteiger partial charge on any atom is 0.302 e. The molecule has 0 aromatic rings. The molecule has 4 rings (SSSR count). The molecule has 4 fully saturated rings. The molecule has 0 heterocycles. The monoisotopic (exact) mass is 530 g/mol. The van der Waals surface area contributed by atoms with Gasteiger partial charge < -0.3 is 9.47 Å². The lowest BCUT2D eigenvalue weighted by Crippen LogP contribution is -2.61. The van der Waals surface area contributed by atoms with Crippen molar-refractivity contribution in [3.8, 4) is 0 Å². The molecule has 216 valence electrons. The fourth-order valence-corrected chi connectivity index (χ4v) is 10.3. The zero-order valence-corrected chi connectivity index (χ0v) is 25.2. The van der Waals surface area contributed by atoms with Gasteiger partial charge in [-0.25, -0.2) is 0 Å². The molecule has 0 aromatic heterocycles. The third kappa shape index (κ3) is 5.46. The van der Waals surface area contributed by atoms with Crippen molar-refractivity contribution in [3.63, 3.8) is 0 Å². The van der Waals surface area contributed by atoms with Gasteiger partial charge in [0.2, 0.25) is 0 Å². The molecule has 5 heteroatoms. The summed E-state index contributed by atoms with van der Waals surface area (Å²) in [7, 11) is 0. The van der Waals surface area contributed by atoms with Gasteiger partial charge in [-0.1, -0.05) is 41.0 Å². The summed E-state index contributed by atoms with van der Waals surface area (Å²) >= 11 is 0. The lowest BCUT2D eigenvalue weighted by Gasteiger charge is -2.64. The Morgan fingerprint density at radius 2 is 1.63 bits per heavy atom. The quantitative estimate of drug-likeness (QED) is 0.288. The lowest BCUT2D eigenvalue weighted by atomic mass is 9.41. The van der Waals surface area contributed by atoms with Gasteiger partial charge in [0.15, 0.2) is 0 Å². The lowest BCUT2D eigenvalue weighted by molar-refractivity contribution is -0.207. The molecule has 38 heavy (non-hydrogen) atoms. The van der Waals surface area contributed by atoms with Crippen molar-refractivity contribution < 1.29 is 23.9 Å². The van der Waals surface area contributed by atoms with E-state index in [1.807, 2.05) is 0 Å². The van der Waals surface area contributed by atoms with Crippen LogP contribution in [-0.4, -0.2) is 29.9 Å². The SMILES string of the molecule is CCCCC(=O)CCC(C)C1CCC2C3C(C)CC4CC(OC(C)=O)CCC4(C)C3CC(OC(C)=O)C12C. The summed E-state index contributed by atoms with van der Waals surface area (Å²) < 4.78 is 12.0. The van der Waals surface area contributed by atoms with Crippen LogP contribution in [0, 0.1) is 52.3 Å². The first-order valence-electron chi connectivity index (χ1n) is 15.8. The van der Waals surface area contributed by atoms with Crippen molar-refractivity contribution in [2.24, 2.45) is 52.3 Å². The van der Waals surface area contributed by atoms with Crippen molar-refractivity contribution in [3.05, 3.63) is 0 Å². The highest BCUT2D eigenvalue weighted by Crippen LogP contribution is 2.70. The number of hydrogen-bond acceptors (Lipinski definition) is 5. The maximum absolute atomic E-state index is 12.5. The standard InChI is InChI=1S/C33H54O5/c1-8-9-10-25(36)12-11-20(2)27-13-14-28-31-21(3)17-24-18-26(37-22(4)34)15-16-32(24,6)29(31)19-30(33(27,28)7)38-23(5)35/h20-21,24,26-31H,8-19H2,1-7H3. The van der Waals surface area contributed by atoms with Crippen molar-refractivity contribution in [1.82, 2.24) is 0 Å². The van der Waals surface area contributed by atoms with Crippen LogP contribution in [0.15, 0.2) is 0 Å². The van der Waals surface area contributed by atoms with E-state index in [9.17, 15) is 14.4 Å². The van der Waals surface area contributed by atoms with E-state index < -0.39 is 0 Å².